The van der Waals surface area contributed by atoms with Crippen molar-refractivity contribution < 1.29 is 13.2 Å². The molecule has 0 bridgehead atoms. The number of nitrogens with one attached hydrogen (secondary N) is 2. The van der Waals surface area contributed by atoms with Crippen LogP contribution in [-0.2, 0) is 6.18 Å². The normalized spacial score (nSPS) is 14.8. The van der Waals surface area contributed by atoms with Gasteiger partial charge < -0.3 is 10.6 Å². The molecule has 1 aliphatic carbocycles. The van der Waals surface area contributed by atoms with Gasteiger partial charge in [-0.3, -0.25) is 0 Å². The SMILES string of the molecule is FC(F)(F)c1ccccc1Nc1nccc(NC2CC2)n1. The lowest BCUT2D eigenvalue weighted by molar-refractivity contribution is -0.136. The van der Waals surface area contributed by atoms with Crippen molar-refractivity contribution >= 4 is 17.5 Å². The van der Waals surface area contributed by atoms with Crippen LogP contribution in [0.4, 0.5) is 30.6 Å². The Labute approximate surface area is 119 Å². The maximum Gasteiger partial charge on any atom is 0.418 e. The number of para-hydroxylation sites is 1. The Kier molecular flexibility index (Phi) is 3.40. The first-order valence-corrected chi connectivity index (χ1v) is 6.55. The quantitative estimate of drug-likeness (QED) is 0.900. The molecule has 1 aromatic carbocycles. The van der Waals surface area contributed by atoms with Crippen LogP contribution in [0, 0.1) is 0 Å². The minimum atomic E-state index is -4.42. The molecule has 0 radical (unpaired) electrons. The van der Waals surface area contributed by atoms with E-state index in [1.807, 2.05) is 0 Å². The maximum atomic E-state index is 12.9. The number of alkyl halides is 3. The monoisotopic (exact) mass is 294 g/mol. The molecule has 1 fully saturated rings. The third-order valence-corrected chi connectivity index (χ3v) is 3.06. The van der Waals surface area contributed by atoms with Gasteiger partial charge in [-0.25, -0.2) is 4.98 Å². The molecule has 1 saturated carbocycles. The molecule has 1 aliphatic rings. The van der Waals surface area contributed by atoms with Gasteiger partial charge in [0, 0.05) is 12.2 Å². The molecule has 0 amide bonds. The smallest absolute Gasteiger partial charge is 0.367 e. The van der Waals surface area contributed by atoms with E-state index in [-0.39, 0.29) is 11.6 Å². The molecule has 0 unspecified atom stereocenters. The lowest BCUT2D eigenvalue weighted by Crippen LogP contribution is -2.10. The van der Waals surface area contributed by atoms with Crippen LogP contribution in [-0.4, -0.2) is 16.0 Å². The number of anilines is 3. The van der Waals surface area contributed by atoms with E-state index in [1.165, 1.54) is 24.4 Å². The molecule has 110 valence electrons. The molecule has 2 N–H and O–H groups in total. The van der Waals surface area contributed by atoms with Crippen molar-refractivity contribution in [3.63, 3.8) is 0 Å². The Morgan fingerprint density at radius 3 is 2.57 bits per heavy atom. The van der Waals surface area contributed by atoms with Crippen molar-refractivity contribution in [2.45, 2.75) is 25.1 Å². The maximum absolute atomic E-state index is 12.9. The summed E-state index contributed by atoms with van der Waals surface area (Å²) in [6.07, 6.45) is -0.739. The van der Waals surface area contributed by atoms with E-state index >= 15 is 0 Å². The van der Waals surface area contributed by atoms with E-state index in [4.69, 9.17) is 0 Å². The summed E-state index contributed by atoms with van der Waals surface area (Å²) in [6, 6.07) is 7.36. The predicted molar refractivity (Wildman–Crippen MR) is 73.4 cm³/mol. The molecule has 1 heterocycles. The summed E-state index contributed by atoms with van der Waals surface area (Å²) in [4.78, 5) is 8.13. The van der Waals surface area contributed by atoms with Gasteiger partial charge in [-0.1, -0.05) is 12.1 Å². The lowest BCUT2D eigenvalue weighted by Gasteiger charge is -2.13. The highest BCUT2D eigenvalue weighted by Gasteiger charge is 2.33. The lowest BCUT2D eigenvalue weighted by atomic mass is 10.1. The van der Waals surface area contributed by atoms with Gasteiger partial charge in [0.05, 0.1) is 11.3 Å². The minimum Gasteiger partial charge on any atom is -0.367 e. The fourth-order valence-electron chi connectivity index (χ4n) is 1.90. The van der Waals surface area contributed by atoms with Crippen LogP contribution in [0.1, 0.15) is 18.4 Å². The Morgan fingerprint density at radius 1 is 1.10 bits per heavy atom. The van der Waals surface area contributed by atoms with E-state index in [9.17, 15) is 13.2 Å². The number of rotatable bonds is 4. The van der Waals surface area contributed by atoms with Gasteiger partial charge in [0.15, 0.2) is 0 Å². The third-order valence-electron chi connectivity index (χ3n) is 3.06. The van der Waals surface area contributed by atoms with Crippen LogP contribution < -0.4 is 10.6 Å². The summed E-state index contributed by atoms with van der Waals surface area (Å²) in [5, 5.41) is 5.80. The third kappa shape index (κ3) is 3.42. The standard InChI is InChI=1S/C14H13F3N4/c15-14(16,17)10-3-1-2-4-11(10)20-13-18-8-7-12(21-13)19-9-5-6-9/h1-4,7-9H,5-6H2,(H2,18,19,20,21). The number of halogens is 3. The second kappa shape index (κ2) is 5.23. The highest BCUT2D eigenvalue weighted by molar-refractivity contribution is 5.60. The molecular formula is C14H13F3N4. The van der Waals surface area contributed by atoms with Crippen molar-refractivity contribution in [1.29, 1.82) is 0 Å². The number of benzene rings is 1. The van der Waals surface area contributed by atoms with Gasteiger partial charge in [-0.05, 0) is 31.0 Å². The second-order valence-corrected chi connectivity index (χ2v) is 4.85. The first kappa shape index (κ1) is 13.7. The fraction of sp³-hybridized carbons (Fsp3) is 0.286. The van der Waals surface area contributed by atoms with Gasteiger partial charge in [0.25, 0.3) is 0 Å². The van der Waals surface area contributed by atoms with Crippen LogP contribution in [0.15, 0.2) is 36.5 Å². The summed E-state index contributed by atoms with van der Waals surface area (Å²) in [6.45, 7) is 0. The first-order chi connectivity index (χ1) is 10.0. The van der Waals surface area contributed by atoms with E-state index in [0.717, 1.165) is 18.9 Å². The first-order valence-electron chi connectivity index (χ1n) is 6.55. The average Bonchev–Trinajstić information content (AvgIpc) is 3.22. The molecule has 0 atom stereocenters. The van der Waals surface area contributed by atoms with Crippen molar-refractivity contribution in [3.05, 3.63) is 42.1 Å². The predicted octanol–water partition coefficient (Wildman–Crippen LogP) is 3.81. The zero-order chi connectivity index (χ0) is 14.9. The largest absolute Gasteiger partial charge is 0.418 e. The summed E-state index contributed by atoms with van der Waals surface area (Å²) < 4.78 is 38.8. The minimum absolute atomic E-state index is 0.0615. The van der Waals surface area contributed by atoms with E-state index < -0.39 is 11.7 Å². The molecule has 2 aromatic rings. The molecular weight excluding hydrogens is 281 g/mol. The van der Waals surface area contributed by atoms with Crippen LogP contribution in [0.2, 0.25) is 0 Å². The highest BCUT2D eigenvalue weighted by Crippen LogP contribution is 2.35. The van der Waals surface area contributed by atoms with Gasteiger partial charge in [0.2, 0.25) is 5.95 Å². The summed E-state index contributed by atoms with van der Waals surface area (Å²) in [7, 11) is 0. The van der Waals surface area contributed by atoms with Crippen molar-refractivity contribution in [2.24, 2.45) is 0 Å². The van der Waals surface area contributed by atoms with Crippen molar-refractivity contribution in [3.8, 4) is 0 Å². The van der Waals surface area contributed by atoms with Gasteiger partial charge in [0.1, 0.15) is 5.82 Å². The van der Waals surface area contributed by atoms with Crippen LogP contribution in [0.5, 0.6) is 0 Å². The molecule has 4 nitrogen and oxygen atoms in total. The van der Waals surface area contributed by atoms with E-state index in [2.05, 4.69) is 20.6 Å². The zero-order valence-electron chi connectivity index (χ0n) is 11.0. The fourth-order valence-corrected chi connectivity index (χ4v) is 1.90. The number of nitrogens with zero attached hydrogens (tertiary/aromatic N) is 2. The average molecular weight is 294 g/mol. The van der Waals surface area contributed by atoms with Crippen molar-refractivity contribution in [1.82, 2.24) is 9.97 Å². The summed E-state index contributed by atoms with van der Waals surface area (Å²) in [5.41, 5.74) is -0.803. The molecule has 21 heavy (non-hydrogen) atoms. The molecule has 3 rings (SSSR count). The van der Waals surface area contributed by atoms with Gasteiger partial charge >= 0.3 is 6.18 Å². The van der Waals surface area contributed by atoms with Crippen molar-refractivity contribution in [2.75, 3.05) is 10.6 Å². The highest BCUT2D eigenvalue weighted by atomic mass is 19.4. The van der Waals surface area contributed by atoms with E-state index in [0.29, 0.717) is 11.9 Å². The number of aromatic nitrogens is 2. The Balaban J connectivity index is 1.83. The number of hydrogen-bond donors (Lipinski definition) is 2. The molecule has 0 saturated heterocycles. The van der Waals surface area contributed by atoms with Gasteiger partial charge in [-0.2, -0.15) is 18.2 Å². The van der Waals surface area contributed by atoms with E-state index in [1.54, 1.807) is 6.07 Å². The molecule has 1 aromatic heterocycles. The Bertz CT molecular complexity index is 638. The van der Waals surface area contributed by atoms with Gasteiger partial charge in [-0.15, -0.1) is 0 Å². The Hall–Kier alpha value is -2.31. The second-order valence-electron chi connectivity index (χ2n) is 4.85. The van der Waals surface area contributed by atoms with Crippen LogP contribution in [0.25, 0.3) is 0 Å². The number of hydrogen-bond acceptors (Lipinski definition) is 4. The topological polar surface area (TPSA) is 49.8 Å². The molecule has 0 aliphatic heterocycles. The summed E-state index contributed by atoms with van der Waals surface area (Å²) >= 11 is 0. The van der Waals surface area contributed by atoms with Crippen LogP contribution in [0.3, 0.4) is 0 Å². The Morgan fingerprint density at radius 2 is 1.86 bits per heavy atom. The van der Waals surface area contributed by atoms with Crippen LogP contribution >= 0.6 is 0 Å². The molecule has 7 heteroatoms. The summed E-state index contributed by atoms with van der Waals surface area (Å²) in [5.74, 6) is 0.747. The molecule has 0 spiro atoms. The zero-order valence-corrected chi connectivity index (χ0v) is 11.0.